The number of carbonyl (C=O) groups excluding carboxylic acids is 1. The summed E-state index contributed by atoms with van der Waals surface area (Å²) in [6, 6.07) is 0. The van der Waals surface area contributed by atoms with E-state index in [1.165, 1.54) is 6.92 Å². The Hall–Kier alpha value is -0.620. The maximum absolute atomic E-state index is 11.8. The molecule has 0 spiro atoms. The van der Waals surface area contributed by atoms with Gasteiger partial charge in [-0.05, 0) is 32.7 Å². The molecule has 88 valence electrons. The zero-order valence-corrected chi connectivity index (χ0v) is 9.99. The van der Waals surface area contributed by atoms with Crippen LogP contribution in [0.3, 0.4) is 0 Å². The number of amides is 1. The fraction of sp³-hybridized carbons (Fsp3) is 0.889. The van der Waals surface area contributed by atoms with Crippen molar-refractivity contribution in [2.45, 2.75) is 38.6 Å². The van der Waals surface area contributed by atoms with Crippen LogP contribution in [-0.2, 0) is 14.8 Å². The monoisotopic (exact) mass is 234 g/mol. The molecule has 0 aromatic heterocycles. The molecular formula is C9H18N2O3S. The Bertz CT molecular complexity index is 331. The Morgan fingerprint density at radius 3 is 2.53 bits per heavy atom. The second-order valence-electron chi connectivity index (χ2n) is 3.80. The van der Waals surface area contributed by atoms with Crippen molar-refractivity contribution in [2.75, 3.05) is 12.3 Å². The highest BCUT2D eigenvalue weighted by atomic mass is 32.2. The van der Waals surface area contributed by atoms with Gasteiger partial charge in [0.25, 0.3) is 5.91 Å². The van der Waals surface area contributed by atoms with E-state index in [-0.39, 0.29) is 5.75 Å². The van der Waals surface area contributed by atoms with Crippen molar-refractivity contribution in [2.24, 2.45) is 0 Å². The third-order valence-corrected chi connectivity index (χ3v) is 4.17. The van der Waals surface area contributed by atoms with E-state index in [2.05, 4.69) is 10.0 Å². The van der Waals surface area contributed by atoms with Crippen LogP contribution in [0, 0.1) is 0 Å². The Morgan fingerprint density at radius 1 is 1.47 bits per heavy atom. The fourth-order valence-electron chi connectivity index (χ4n) is 1.77. The van der Waals surface area contributed by atoms with Gasteiger partial charge in [0.1, 0.15) is 0 Å². The van der Waals surface area contributed by atoms with E-state index in [9.17, 15) is 13.2 Å². The smallest absolute Gasteiger partial charge is 0.253 e. The second-order valence-corrected chi connectivity index (χ2v) is 5.81. The number of rotatable bonds is 4. The lowest BCUT2D eigenvalue weighted by Crippen LogP contribution is -2.54. The summed E-state index contributed by atoms with van der Waals surface area (Å²) in [5.74, 6) is -0.484. The largest absolute Gasteiger partial charge is 0.303 e. The standard InChI is InChI=1S/C9H18N2O3S/c1-3-9(6-5-7-10-9)8(12)11-15(13,14)4-2/h10H,3-7H2,1-2H3,(H,11,12). The predicted molar refractivity (Wildman–Crippen MR) is 57.9 cm³/mol. The SMILES string of the molecule is CCC1(C(=O)NS(=O)(=O)CC)CCCN1. The van der Waals surface area contributed by atoms with Crippen LogP contribution in [0.5, 0.6) is 0 Å². The molecule has 0 aliphatic carbocycles. The predicted octanol–water partition coefficient (Wildman–Crippen LogP) is -0.0155. The van der Waals surface area contributed by atoms with Crippen LogP contribution in [0.4, 0.5) is 0 Å². The van der Waals surface area contributed by atoms with Crippen LogP contribution in [0.25, 0.3) is 0 Å². The first kappa shape index (κ1) is 12.4. The molecule has 1 rings (SSSR count). The van der Waals surface area contributed by atoms with Crippen molar-refractivity contribution in [3.05, 3.63) is 0 Å². The van der Waals surface area contributed by atoms with Gasteiger partial charge in [-0.15, -0.1) is 0 Å². The van der Waals surface area contributed by atoms with Crippen LogP contribution in [0.2, 0.25) is 0 Å². The molecular weight excluding hydrogens is 216 g/mol. The lowest BCUT2D eigenvalue weighted by molar-refractivity contribution is -0.125. The second kappa shape index (κ2) is 4.49. The van der Waals surface area contributed by atoms with Crippen molar-refractivity contribution in [1.29, 1.82) is 0 Å². The maximum Gasteiger partial charge on any atom is 0.253 e. The molecule has 0 saturated carbocycles. The number of nitrogens with one attached hydrogen (secondary N) is 2. The van der Waals surface area contributed by atoms with Gasteiger partial charge in [-0.1, -0.05) is 6.92 Å². The zero-order valence-electron chi connectivity index (χ0n) is 9.17. The molecule has 15 heavy (non-hydrogen) atoms. The van der Waals surface area contributed by atoms with Crippen LogP contribution < -0.4 is 10.0 Å². The molecule has 0 aromatic carbocycles. The van der Waals surface area contributed by atoms with Crippen LogP contribution in [0.1, 0.15) is 33.1 Å². The summed E-state index contributed by atoms with van der Waals surface area (Å²) in [6.45, 7) is 4.17. The molecule has 1 aliphatic rings. The lowest BCUT2D eigenvalue weighted by Gasteiger charge is -2.26. The van der Waals surface area contributed by atoms with Gasteiger partial charge < -0.3 is 5.32 Å². The molecule has 1 fully saturated rings. The van der Waals surface area contributed by atoms with Crippen LogP contribution >= 0.6 is 0 Å². The molecule has 0 aromatic rings. The van der Waals surface area contributed by atoms with Gasteiger partial charge in [-0.25, -0.2) is 8.42 Å². The normalized spacial score (nSPS) is 26.5. The minimum absolute atomic E-state index is 0.0709. The van der Waals surface area contributed by atoms with E-state index in [1.807, 2.05) is 6.92 Å². The van der Waals surface area contributed by atoms with Crippen molar-refractivity contribution in [3.63, 3.8) is 0 Å². The highest BCUT2D eigenvalue weighted by Gasteiger charge is 2.40. The third kappa shape index (κ3) is 2.69. The maximum atomic E-state index is 11.8. The van der Waals surface area contributed by atoms with Gasteiger partial charge in [-0.2, -0.15) is 0 Å². The van der Waals surface area contributed by atoms with E-state index in [0.29, 0.717) is 12.8 Å². The Kier molecular flexibility index (Phi) is 3.72. The van der Waals surface area contributed by atoms with Crippen LogP contribution in [0.15, 0.2) is 0 Å². The number of carbonyl (C=O) groups is 1. The Morgan fingerprint density at radius 2 is 2.13 bits per heavy atom. The van der Waals surface area contributed by atoms with Crippen molar-refractivity contribution < 1.29 is 13.2 Å². The quantitative estimate of drug-likeness (QED) is 0.717. The first-order valence-electron chi connectivity index (χ1n) is 5.26. The molecule has 1 aliphatic heterocycles. The van der Waals surface area contributed by atoms with Gasteiger partial charge in [0.15, 0.2) is 0 Å². The average molecular weight is 234 g/mol. The van der Waals surface area contributed by atoms with Crippen molar-refractivity contribution in [3.8, 4) is 0 Å². The highest BCUT2D eigenvalue weighted by Crippen LogP contribution is 2.23. The molecule has 1 heterocycles. The molecule has 1 saturated heterocycles. The van der Waals surface area contributed by atoms with E-state index in [1.54, 1.807) is 0 Å². The van der Waals surface area contributed by atoms with Gasteiger partial charge in [0, 0.05) is 0 Å². The van der Waals surface area contributed by atoms with E-state index >= 15 is 0 Å². The van der Waals surface area contributed by atoms with Gasteiger partial charge in [0.05, 0.1) is 11.3 Å². The van der Waals surface area contributed by atoms with E-state index in [4.69, 9.17) is 0 Å². The fourth-order valence-corrected chi connectivity index (χ4v) is 2.40. The summed E-state index contributed by atoms with van der Waals surface area (Å²) in [7, 11) is -3.44. The number of sulfonamides is 1. The van der Waals surface area contributed by atoms with Crippen molar-refractivity contribution >= 4 is 15.9 Å². The molecule has 1 unspecified atom stereocenters. The first-order chi connectivity index (χ1) is 6.96. The molecule has 0 bridgehead atoms. The summed E-state index contributed by atoms with van der Waals surface area (Å²) < 4.78 is 24.6. The Labute approximate surface area is 90.7 Å². The van der Waals surface area contributed by atoms with Gasteiger partial charge in [-0.3, -0.25) is 9.52 Å². The molecule has 5 nitrogen and oxygen atoms in total. The summed E-state index contributed by atoms with van der Waals surface area (Å²) in [5, 5.41) is 3.09. The summed E-state index contributed by atoms with van der Waals surface area (Å²) in [4.78, 5) is 11.8. The number of hydrogen-bond acceptors (Lipinski definition) is 4. The minimum Gasteiger partial charge on any atom is -0.303 e. The molecule has 1 amide bonds. The first-order valence-corrected chi connectivity index (χ1v) is 6.91. The molecule has 1 atom stereocenters. The van der Waals surface area contributed by atoms with Crippen LogP contribution in [-0.4, -0.2) is 32.2 Å². The molecule has 6 heteroatoms. The molecule has 2 N–H and O–H groups in total. The summed E-state index contributed by atoms with van der Waals surface area (Å²) in [5.41, 5.74) is -0.678. The van der Waals surface area contributed by atoms with Gasteiger partial charge >= 0.3 is 0 Å². The average Bonchev–Trinajstić information content (AvgIpc) is 2.66. The number of hydrogen-bond donors (Lipinski definition) is 2. The highest BCUT2D eigenvalue weighted by molar-refractivity contribution is 7.90. The zero-order chi connectivity index (χ0) is 11.5. The Balaban J connectivity index is 2.75. The lowest BCUT2D eigenvalue weighted by atomic mass is 9.94. The summed E-state index contributed by atoms with van der Waals surface area (Å²) in [6.07, 6.45) is 2.22. The molecule has 0 radical (unpaired) electrons. The van der Waals surface area contributed by atoms with E-state index in [0.717, 1.165) is 13.0 Å². The van der Waals surface area contributed by atoms with Gasteiger partial charge in [0.2, 0.25) is 10.0 Å². The minimum atomic E-state index is -3.44. The third-order valence-electron chi connectivity index (χ3n) is 2.91. The van der Waals surface area contributed by atoms with E-state index < -0.39 is 21.5 Å². The summed E-state index contributed by atoms with van der Waals surface area (Å²) >= 11 is 0. The van der Waals surface area contributed by atoms with Crippen molar-refractivity contribution in [1.82, 2.24) is 10.0 Å². The topological polar surface area (TPSA) is 75.3 Å².